The van der Waals surface area contributed by atoms with Gasteiger partial charge in [0.05, 0.1) is 33.0 Å². The van der Waals surface area contributed by atoms with Gasteiger partial charge >= 0.3 is 0 Å². The molecule has 0 fully saturated rings. The topological polar surface area (TPSA) is 135 Å². The first-order valence-electron chi connectivity index (χ1n) is 16.9. The quantitative estimate of drug-likeness (QED) is 0.0933. The van der Waals surface area contributed by atoms with Crippen LogP contribution in [0.3, 0.4) is 0 Å². The van der Waals surface area contributed by atoms with E-state index in [1.807, 2.05) is 0 Å². The van der Waals surface area contributed by atoms with Crippen LogP contribution in [0, 0.1) is 0 Å². The molecule has 4 N–H and O–H groups in total. The van der Waals surface area contributed by atoms with Gasteiger partial charge in [-0.05, 0) is 43.5 Å². The number of amides is 3. The Balaban J connectivity index is 2.54. The molecular weight excluding hydrogens is 562 g/mol. The van der Waals surface area contributed by atoms with Crippen LogP contribution in [0.1, 0.15) is 114 Å². The predicted molar refractivity (Wildman–Crippen MR) is 174 cm³/mol. The molecule has 1 aromatic carbocycles. The van der Waals surface area contributed by atoms with Gasteiger partial charge in [-0.15, -0.1) is 0 Å². The summed E-state index contributed by atoms with van der Waals surface area (Å²) in [7, 11) is 0. The summed E-state index contributed by atoms with van der Waals surface area (Å²) in [5, 5.41) is 17.4. The fourth-order valence-corrected chi connectivity index (χ4v) is 4.55. The van der Waals surface area contributed by atoms with Crippen molar-refractivity contribution in [3.05, 3.63) is 29.8 Å². The molecule has 1 unspecified atom stereocenters. The van der Waals surface area contributed by atoms with Gasteiger partial charge in [0.15, 0.2) is 0 Å². The molecule has 0 bridgehead atoms. The van der Waals surface area contributed by atoms with E-state index in [9.17, 15) is 14.4 Å². The Labute approximate surface area is 265 Å². The maximum absolute atomic E-state index is 13.0. The molecule has 0 spiro atoms. The van der Waals surface area contributed by atoms with Gasteiger partial charge in [0.1, 0.15) is 18.4 Å². The Morgan fingerprint density at radius 2 is 1.25 bits per heavy atom. The molecule has 1 aromatic rings. The number of aliphatic hydroxyl groups excluding tert-OH is 1. The van der Waals surface area contributed by atoms with Crippen LogP contribution < -0.4 is 20.7 Å². The number of unbranched alkanes of at least 4 members (excludes halogenated alkanes) is 10. The highest BCUT2D eigenvalue weighted by molar-refractivity contribution is 5.97. The summed E-state index contributed by atoms with van der Waals surface area (Å²) in [6.07, 6.45) is 14.0. The molecule has 1 atom stereocenters. The number of carbonyl (C=O) groups excluding carboxylic acids is 3. The lowest BCUT2D eigenvalue weighted by molar-refractivity contribution is -0.124. The van der Waals surface area contributed by atoms with Crippen molar-refractivity contribution in [1.29, 1.82) is 0 Å². The van der Waals surface area contributed by atoms with Crippen molar-refractivity contribution in [2.75, 3.05) is 52.7 Å². The molecule has 0 aliphatic heterocycles. The van der Waals surface area contributed by atoms with E-state index in [-0.39, 0.29) is 37.2 Å². The van der Waals surface area contributed by atoms with Crippen LogP contribution in [0.5, 0.6) is 5.75 Å². The third-order valence-electron chi connectivity index (χ3n) is 7.18. The van der Waals surface area contributed by atoms with Crippen molar-refractivity contribution in [2.24, 2.45) is 0 Å². The highest BCUT2D eigenvalue weighted by Crippen LogP contribution is 2.13. The minimum absolute atomic E-state index is 0.0131. The van der Waals surface area contributed by atoms with Gasteiger partial charge in [0.25, 0.3) is 5.91 Å². The standard InChI is InChI=1S/C34H59N3O7/c1-3-5-7-9-11-13-21-35-32(39)20-19-31(34(41)36-22-14-12-10-8-6-4-2)37-33(40)29-15-17-30(18-16-29)44-28-27-43-26-25-42-24-23-38/h15-18,31,38H,3-14,19-28H2,1-2H3,(H,35,39)(H,36,41)(H,37,40). The SMILES string of the molecule is CCCCCCCCNC(=O)CCC(NC(=O)c1ccc(OCCOCCOCCO)cc1)C(=O)NCCCCCCCC. The molecule has 0 aliphatic carbocycles. The highest BCUT2D eigenvalue weighted by atomic mass is 16.5. The van der Waals surface area contributed by atoms with Crippen LogP contribution in [0.15, 0.2) is 24.3 Å². The van der Waals surface area contributed by atoms with Crippen LogP contribution in [0.2, 0.25) is 0 Å². The van der Waals surface area contributed by atoms with Crippen LogP contribution in [0.4, 0.5) is 0 Å². The average molecular weight is 622 g/mol. The van der Waals surface area contributed by atoms with Crippen LogP contribution in [-0.4, -0.2) is 81.6 Å². The normalized spacial score (nSPS) is 11.6. The highest BCUT2D eigenvalue weighted by Gasteiger charge is 2.22. The van der Waals surface area contributed by atoms with E-state index in [2.05, 4.69) is 29.8 Å². The number of ether oxygens (including phenoxy) is 3. The molecule has 3 amide bonds. The lowest BCUT2D eigenvalue weighted by Crippen LogP contribution is -2.47. The second kappa shape index (κ2) is 27.8. The van der Waals surface area contributed by atoms with E-state index in [0.29, 0.717) is 57.4 Å². The zero-order valence-corrected chi connectivity index (χ0v) is 27.3. The Bertz CT molecular complexity index is 867. The van der Waals surface area contributed by atoms with Gasteiger partial charge in [-0.3, -0.25) is 14.4 Å². The predicted octanol–water partition coefficient (Wildman–Crippen LogP) is 4.92. The number of rotatable bonds is 29. The number of carbonyl (C=O) groups is 3. The molecule has 252 valence electrons. The Morgan fingerprint density at radius 3 is 1.86 bits per heavy atom. The second-order valence-corrected chi connectivity index (χ2v) is 11.1. The van der Waals surface area contributed by atoms with Crippen molar-refractivity contribution in [3.8, 4) is 5.75 Å². The third kappa shape index (κ3) is 21.1. The van der Waals surface area contributed by atoms with Gasteiger partial charge in [-0.1, -0.05) is 78.1 Å². The molecular formula is C34H59N3O7. The zero-order chi connectivity index (χ0) is 32.1. The lowest BCUT2D eigenvalue weighted by atomic mass is 10.1. The Hall–Kier alpha value is -2.69. The minimum Gasteiger partial charge on any atom is -0.491 e. The number of hydrogen-bond donors (Lipinski definition) is 4. The lowest BCUT2D eigenvalue weighted by Gasteiger charge is -2.19. The van der Waals surface area contributed by atoms with E-state index < -0.39 is 6.04 Å². The maximum atomic E-state index is 13.0. The second-order valence-electron chi connectivity index (χ2n) is 11.1. The minimum atomic E-state index is -0.809. The fourth-order valence-electron chi connectivity index (χ4n) is 4.55. The fraction of sp³-hybridized carbons (Fsp3) is 0.735. The molecule has 1 rings (SSSR count). The molecule has 0 aliphatic rings. The molecule has 44 heavy (non-hydrogen) atoms. The first-order valence-corrected chi connectivity index (χ1v) is 16.9. The van der Waals surface area contributed by atoms with E-state index >= 15 is 0 Å². The number of nitrogens with one attached hydrogen (secondary N) is 3. The first-order chi connectivity index (χ1) is 21.5. The van der Waals surface area contributed by atoms with Gasteiger partial charge in [0.2, 0.25) is 11.8 Å². The smallest absolute Gasteiger partial charge is 0.251 e. The van der Waals surface area contributed by atoms with Crippen molar-refractivity contribution < 1.29 is 33.7 Å². The van der Waals surface area contributed by atoms with Gasteiger partial charge in [-0.25, -0.2) is 0 Å². The maximum Gasteiger partial charge on any atom is 0.251 e. The van der Waals surface area contributed by atoms with Crippen molar-refractivity contribution in [3.63, 3.8) is 0 Å². The summed E-state index contributed by atoms with van der Waals surface area (Å²) in [5.41, 5.74) is 0.399. The van der Waals surface area contributed by atoms with Crippen LogP contribution >= 0.6 is 0 Å². The first kappa shape index (κ1) is 39.3. The molecule has 10 heteroatoms. The molecule has 0 radical (unpaired) electrons. The van der Waals surface area contributed by atoms with E-state index in [4.69, 9.17) is 19.3 Å². The number of hydrogen-bond acceptors (Lipinski definition) is 7. The molecule has 10 nitrogen and oxygen atoms in total. The summed E-state index contributed by atoms with van der Waals surface area (Å²) in [5.74, 6) is -0.158. The molecule has 0 aromatic heterocycles. The van der Waals surface area contributed by atoms with Gasteiger partial charge < -0.3 is 35.3 Å². The zero-order valence-electron chi connectivity index (χ0n) is 27.3. The number of aliphatic hydroxyl groups is 1. The van der Waals surface area contributed by atoms with Crippen LogP contribution in [0.25, 0.3) is 0 Å². The monoisotopic (exact) mass is 621 g/mol. The average Bonchev–Trinajstić information content (AvgIpc) is 3.03. The molecule has 0 saturated heterocycles. The Morgan fingerprint density at radius 1 is 0.705 bits per heavy atom. The largest absolute Gasteiger partial charge is 0.491 e. The summed E-state index contributed by atoms with van der Waals surface area (Å²) in [6.45, 7) is 7.38. The summed E-state index contributed by atoms with van der Waals surface area (Å²) in [6, 6.07) is 5.88. The summed E-state index contributed by atoms with van der Waals surface area (Å²) in [4.78, 5) is 38.5. The Kier molecular flexibility index (Phi) is 24.9. The molecule has 0 heterocycles. The van der Waals surface area contributed by atoms with E-state index in [1.54, 1.807) is 24.3 Å². The third-order valence-corrected chi connectivity index (χ3v) is 7.18. The van der Waals surface area contributed by atoms with Crippen molar-refractivity contribution in [2.45, 2.75) is 110 Å². The number of benzene rings is 1. The van der Waals surface area contributed by atoms with Gasteiger partial charge in [-0.2, -0.15) is 0 Å². The van der Waals surface area contributed by atoms with E-state index in [1.165, 1.54) is 44.9 Å². The van der Waals surface area contributed by atoms with Crippen LogP contribution in [-0.2, 0) is 19.1 Å². The van der Waals surface area contributed by atoms with Crippen molar-refractivity contribution in [1.82, 2.24) is 16.0 Å². The summed E-state index contributed by atoms with van der Waals surface area (Å²) < 4.78 is 16.2. The summed E-state index contributed by atoms with van der Waals surface area (Å²) >= 11 is 0. The van der Waals surface area contributed by atoms with Gasteiger partial charge in [0, 0.05) is 25.1 Å². The van der Waals surface area contributed by atoms with E-state index in [0.717, 1.165) is 32.1 Å². The molecule has 0 saturated carbocycles. The van der Waals surface area contributed by atoms with Crippen molar-refractivity contribution >= 4 is 17.7 Å².